The smallest absolute Gasteiger partial charge is 0.0543 e. The Morgan fingerprint density at radius 2 is 1.84 bits per heavy atom. The number of anilines is 1. The van der Waals surface area contributed by atoms with Gasteiger partial charge in [0.1, 0.15) is 0 Å². The molecule has 2 aliphatic rings. The van der Waals surface area contributed by atoms with Crippen molar-refractivity contribution in [1.29, 1.82) is 5.41 Å². The average molecular weight is 349 g/mol. The topological polar surface area (TPSA) is 49.9 Å². The van der Waals surface area contributed by atoms with Gasteiger partial charge in [0, 0.05) is 10.7 Å². The summed E-state index contributed by atoms with van der Waals surface area (Å²) in [6.07, 6.45) is 6.61. The minimum absolute atomic E-state index is 0.529. The highest BCUT2D eigenvalue weighted by molar-refractivity contribution is 6.30. The molecule has 126 valence electrons. The Morgan fingerprint density at radius 1 is 1.04 bits per heavy atom. The van der Waals surface area contributed by atoms with E-state index >= 15 is 0 Å². The highest BCUT2D eigenvalue weighted by Gasteiger charge is 2.24. The maximum atomic E-state index is 7.91. The Morgan fingerprint density at radius 3 is 2.60 bits per heavy atom. The van der Waals surface area contributed by atoms with E-state index in [0.717, 1.165) is 33.8 Å². The number of fused-ring (bicyclic) bond motifs is 2. The summed E-state index contributed by atoms with van der Waals surface area (Å²) in [5.41, 5.74) is 14.2. The van der Waals surface area contributed by atoms with E-state index < -0.39 is 0 Å². The fraction of sp³-hybridized carbons (Fsp3) is 0.136. The molecule has 0 unspecified atom stereocenters. The Balaban J connectivity index is 0.000000880. The van der Waals surface area contributed by atoms with Crippen LogP contribution in [0, 0.1) is 5.41 Å². The van der Waals surface area contributed by atoms with Gasteiger partial charge in [-0.2, -0.15) is 0 Å². The van der Waals surface area contributed by atoms with Gasteiger partial charge in [0.05, 0.1) is 5.71 Å². The molecule has 0 aromatic heterocycles. The van der Waals surface area contributed by atoms with Crippen LogP contribution in [0.4, 0.5) is 5.69 Å². The van der Waals surface area contributed by atoms with Crippen LogP contribution in [-0.4, -0.2) is 5.71 Å². The molecular formula is C22H21ClN2. The number of benzene rings is 2. The number of rotatable bonds is 1. The molecule has 0 bridgehead atoms. The van der Waals surface area contributed by atoms with Crippen LogP contribution < -0.4 is 5.73 Å². The second-order valence-electron chi connectivity index (χ2n) is 5.85. The van der Waals surface area contributed by atoms with Crippen molar-refractivity contribution in [2.75, 3.05) is 5.73 Å². The molecule has 2 aromatic carbocycles. The summed E-state index contributed by atoms with van der Waals surface area (Å²) < 4.78 is 0. The summed E-state index contributed by atoms with van der Waals surface area (Å²) >= 11 is 6.21. The third kappa shape index (κ3) is 3.31. The summed E-state index contributed by atoms with van der Waals surface area (Å²) in [7, 11) is 0. The molecule has 0 heterocycles. The van der Waals surface area contributed by atoms with Crippen molar-refractivity contribution < 1.29 is 0 Å². The van der Waals surface area contributed by atoms with Gasteiger partial charge in [-0.3, -0.25) is 0 Å². The first kappa shape index (κ1) is 17.2. The first-order valence-corrected chi connectivity index (χ1v) is 8.86. The lowest BCUT2D eigenvalue weighted by Gasteiger charge is -2.27. The molecule has 2 aliphatic carbocycles. The molecule has 2 aromatic rings. The zero-order chi connectivity index (χ0) is 18.0. The lowest BCUT2D eigenvalue weighted by Crippen LogP contribution is -2.12. The molecule has 0 spiro atoms. The zero-order valence-electron chi connectivity index (χ0n) is 14.4. The van der Waals surface area contributed by atoms with Gasteiger partial charge in [0.2, 0.25) is 0 Å². The molecule has 3 heteroatoms. The number of hydrogen-bond donors (Lipinski definition) is 2. The largest absolute Gasteiger partial charge is 0.399 e. The fourth-order valence-electron chi connectivity index (χ4n) is 3.29. The third-order valence-electron chi connectivity index (χ3n) is 4.27. The van der Waals surface area contributed by atoms with E-state index in [1.165, 1.54) is 16.7 Å². The van der Waals surface area contributed by atoms with Crippen LogP contribution in [0.2, 0.25) is 5.02 Å². The molecule has 3 N–H and O–H groups in total. The van der Waals surface area contributed by atoms with E-state index in [-0.39, 0.29) is 0 Å². The van der Waals surface area contributed by atoms with Gasteiger partial charge in [0.15, 0.2) is 0 Å². The van der Waals surface area contributed by atoms with Gasteiger partial charge in [-0.15, -0.1) is 0 Å². The van der Waals surface area contributed by atoms with E-state index in [1.54, 1.807) is 0 Å². The van der Waals surface area contributed by atoms with Crippen molar-refractivity contribution in [2.45, 2.75) is 20.3 Å². The molecule has 0 atom stereocenters. The van der Waals surface area contributed by atoms with Crippen LogP contribution in [0.5, 0.6) is 0 Å². The standard InChI is InChI=1S/C20H15ClN2.C2H6/c21-15-3-1-2-12(9-15)20-18-6-4-16(22)10-13(18)8-14-11-17(23)5-7-19(14)20;1-2/h1-7,9-11,22H,8,23H2;1-2H3. The second-order valence-corrected chi connectivity index (χ2v) is 6.29. The van der Waals surface area contributed by atoms with Crippen molar-refractivity contribution in [2.24, 2.45) is 0 Å². The van der Waals surface area contributed by atoms with Crippen molar-refractivity contribution >= 4 is 28.6 Å². The van der Waals surface area contributed by atoms with E-state index in [1.807, 2.05) is 62.4 Å². The minimum Gasteiger partial charge on any atom is -0.399 e. The van der Waals surface area contributed by atoms with Gasteiger partial charge in [-0.25, -0.2) is 0 Å². The van der Waals surface area contributed by atoms with E-state index in [2.05, 4.69) is 12.1 Å². The highest BCUT2D eigenvalue weighted by Crippen LogP contribution is 2.41. The number of hydrogen-bond acceptors (Lipinski definition) is 2. The van der Waals surface area contributed by atoms with Crippen LogP contribution >= 0.6 is 11.6 Å². The van der Waals surface area contributed by atoms with Crippen LogP contribution in [-0.2, 0) is 6.42 Å². The quantitative estimate of drug-likeness (QED) is 0.626. The molecule has 0 saturated heterocycles. The lowest BCUT2D eigenvalue weighted by atomic mass is 9.77. The predicted molar refractivity (Wildman–Crippen MR) is 108 cm³/mol. The molecule has 4 rings (SSSR count). The van der Waals surface area contributed by atoms with Crippen LogP contribution in [0.3, 0.4) is 0 Å². The number of nitrogens with one attached hydrogen (secondary N) is 1. The Hall–Kier alpha value is -2.58. The van der Waals surface area contributed by atoms with Gasteiger partial charge in [0.25, 0.3) is 0 Å². The summed E-state index contributed by atoms with van der Waals surface area (Å²) in [6.45, 7) is 4.00. The van der Waals surface area contributed by atoms with Crippen molar-refractivity contribution in [1.82, 2.24) is 0 Å². The molecule has 0 radical (unpaired) electrons. The van der Waals surface area contributed by atoms with E-state index in [0.29, 0.717) is 5.71 Å². The third-order valence-corrected chi connectivity index (χ3v) is 4.50. The normalized spacial score (nSPS) is 15.0. The van der Waals surface area contributed by atoms with Gasteiger partial charge in [-0.05, 0) is 76.2 Å². The lowest BCUT2D eigenvalue weighted by molar-refractivity contribution is 1.13. The Kier molecular flexibility index (Phi) is 4.91. The van der Waals surface area contributed by atoms with Crippen molar-refractivity contribution in [3.05, 3.63) is 93.6 Å². The molecule has 0 fully saturated rings. The van der Waals surface area contributed by atoms with Crippen molar-refractivity contribution in [3.8, 4) is 0 Å². The molecular weight excluding hydrogens is 328 g/mol. The van der Waals surface area contributed by atoms with Gasteiger partial charge >= 0.3 is 0 Å². The maximum Gasteiger partial charge on any atom is 0.0543 e. The number of nitrogen functional groups attached to an aromatic ring is 1. The summed E-state index contributed by atoms with van der Waals surface area (Å²) in [5.74, 6) is 0. The molecule has 2 nitrogen and oxygen atoms in total. The maximum absolute atomic E-state index is 7.91. The predicted octanol–water partition coefficient (Wildman–Crippen LogP) is 5.82. The molecule has 25 heavy (non-hydrogen) atoms. The average Bonchev–Trinajstić information content (AvgIpc) is 2.61. The molecule has 0 saturated carbocycles. The van der Waals surface area contributed by atoms with Gasteiger partial charge in [-0.1, -0.05) is 49.7 Å². The van der Waals surface area contributed by atoms with Crippen LogP contribution in [0.25, 0.3) is 5.57 Å². The molecule has 0 aliphatic heterocycles. The number of nitrogens with two attached hydrogens (primary N) is 1. The number of allylic oxidation sites excluding steroid dienone is 5. The van der Waals surface area contributed by atoms with Crippen LogP contribution in [0.15, 0.2) is 71.8 Å². The van der Waals surface area contributed by atoms with Gasteiger partial charge < -0.3 is 11.1 Å². The van der Waals surface area contributed by atoms with Crippen LogP contribution in [0.1, 0.15) is 30.5 Å². The first-order chi connectivity index (χ1) is 12.1. The Labute approximate surface area is 153 Å². The Bertz CT molecular complexity index is 933. The summed E-state index contributed by atoms with van der Waals surface area (Å²) in [4.78, 5) is 0. The minimum atomic E-state index is 0.529. The zero-order valence-corrected chi connectivity index (χ0v) is 15.2. The summed E-state index contributed by atoms with van der Waals surface area (Å²) in [5, 5.41) is 8.63. The van der Waals surface area contributed by atoms with E-state index in [4.69, 9.17) is 22.7 Å². The fourth-order valence-corrected chi connectivity index (χ4v) is 3.48. The number of halogens is 1. The first-order valence-electron chi connectivity index (χ1n) is 8.48. The van der Waals surface area contributed by atoms with Crippen molar-refractivity contribution in [3.63, 3.8) is 0 Å². The molecule has 0 amide bonds. The SMILES string of the molecule is CC.N=C1C=CC2=C(c3cccc(Cl)c3)c3ccc(N)cc3CC2=C1. The highest BCUT2D eigenvalue weighted by atomic mass is 35.5. The summed E-state index contributed by atoms with van der Waals surface area (Å²) in [6, 6.07) is 14.0. The monoisotopic (exact) mass is 348 g/mol. The second kappa shape index (κ2) is 7.12. The van der Waals surface area contributed by atoms with E-state index in [9.17, 15) is 0 Å².